The van der Waals surface area contributed by atoms with Crippen molar-refractivity contribution in [1.82, 2.24) is 20.2 Å². The number of nitrogens with zero attached hydrogens (tertiary/aromatic N) is 3. The van der Waals surface area contributed by atoms with Crippen LogP contribution in [-0.4, -0.2) is 77.6 Å². The van der Waals surface area contributed by atoms with Gasteiger partial charge in [0.2, 0.25) is 11.8 Å². The lowest BCUT2D eigenvalue weighted by Crippen LogP contribution is -2.58. The lowest BCUT2D eigenvalue weighted by Gasteiger charge is -2.43. The van der Waals surface area contributed by atoms with Crippen LogP contribution >= 0.6 is 0 Å². The highest BCUT2D eigenvalue weighted by Gasteiger charge is 2.52. The number of piperidine rings is 1. The second-order valence-electron chi connectivity index (χ2n) is 12.7. The number of fused-ring (bicyclic) bond motifs is 4. The Kier molecular flexibility index (Phi) is 8.50. The number of rotatable bonds is 1. The number of carbonyl (C=O) groups excluding carboxylic acids is 3. The molecule has 3 amide bonds. The van der Waals surface area contributed by atoms with E-state index in [2.05, 4.69) is 20.6 Å². The van der Waals surface area contributed by atoms with Gasteiger partial charge in [0.15, 0.2) is 11.6 Å². The van der Waals surface area contributed by atoms with Gasteiger partial charge in [0, 0.05) is 67.4 Å². The van der Waals surface area contributed by atoms with Gasteiger partial charge in [-0.05, 0) is 61.6 Å². The number of ether oxygens (including phenoxy) is 2. The number of nitrogens with one attached hydrogen (secondary N) is 2. The van der Waals surface area contributed by atoms with E-state index < -0.39 is 58.2 Å². The van der Waals surface area contributed by atoms with Crippen molar-refractivity contribution in [2.45, 2.75) is 56.0 Å². The highest BCUT2D eigenvalue weighted by atomic mass is 19.2. The first-order valence-electron chi connectivity index (χ1n) is 16.0. The zero-order chi connectivity index (χ0) is 33.6. The zero-order valence-corrected chi connectivity index (χ0v) is 26.2. The number of aromatic nitrogens is 2. The number of carbonyl (C=O) groups is 3. The van der Waals surface area contributed by atoms with Gasteiger partial charge in [-0.25, -0.2) is 18.2 Å². The lowest BCUT2D eigenvalue weighted by atomic mass is 9.79. The quantitative estimate of drug-likeness (QED) is 0.380. The van der Waals surface area contributed by atoms with Gasteiger partial charge in [-0.15, -0.1) is 0 Å². The van der Waals surface area contributed by atoms with Gasteiger partial charge in [-0.3, -0.25) is 19.4 Å². The lowest BCUT2D eigenvalue weighted by molar-refractivity contribution is -0.140. The smallest absolute Gasteiger partial charge is 0.253 e. The standard InChI is InChI=1S/C35H34F3N5O5/c1-19-23(29-25(36)5-6-26(37)30(29)38)14-27-33(45)43(19)7-11-48-10-3-9-47-8-2-4-20-12-24-31(40-17-20)42-34(46)35(24)15-21-13-22(32(44)41-27)18-39-28(21)16-35/h2,4-6,12-13,17-19,23,27H,3,7-11,14-16H2,1H3,(H,41,44)(H,40,42,46)/b4-2+/t19?,23?,27?,35-/m0/s1. The minimum absolute atomic E-state index is 0.0874. The SMILES string of the molecule is CC1C(c2c(F)ccc(F)c2F)CC2NC(=O)c3cnc4c(c3)C[C@@]3(C4)C(=O)Nc4ncc(cc43)/C=C/COCCCOCCN1C2=O. The van der Waals surface area contributed by atoms with Crippen LogP contribution in [0.2, 0.25) is 0 Å². The number of amides is 3. The largest absolute Gasteiger partial charge is 0.380 e. The summed E-state index contributed by atoms with van der Waals surface area (Å²) in [6.07, 6.45) is 7.88. The summed E-state index contributed by atoms with van der Waals surface area (Å²) >= 11 is 0. The topological polar surface area (TPSA) is 123 Å². The Bertz CT molecular complexity index is 1840. The van der Waals surface area contributed by atoms with E-state index in [0.29, 0.717) is 56.2 Å². The van der Waals surface area contributed by atoms with Crippen LogP contribution in [-0.2, 0) is 37.3 Å². The molecular formula is C35H34F3N5O5. The van der Waals surface area contributed by atoms with E-state index in [1.807, 2.05) is 18.2 Å². The molecule has 4 aliphatic rings. The molecule has 0 saturated carbocycles. The van der Waals surface area contributed by atoms with Gasteiger partial charge in [-0.2, -0.15) is 0 Å². The second kappa shape index (κ2) is 12.8. The molecule has 5 heterocycles. The van der Waals surface area contributed by atoms with Gasteiger partial charge in [0.1, 0.15) is 17.7 Å². The molecule has 4 atom stereocenters. The number of pyridine rings is 2. The van der Waals surface area contributed by atoms with Gasteiger partial charge < -0.3 is 25.0 Å². The van der Waals surface area contributed by atoms with E-state index in [4.69, 9.17) is 9.47 Å². The van der Waals surface area contributed by atoms with Crippen molar-refractivity contribution in [2.24, 2.45) is 0 Å². The predicted octanol–water partition coefficient (Wildman–Crippen LogP) is 3.84. The molecule has 3 aromatic rings. The van der Waals surface area contributed by atoms with Crippen molar-refractivity contribution < 1.29 is 37.0 Å². The molecule has 48 heavy (non-hydrogen) atoms. The van der Waals surface area contributed by atoms with Gasteiger partial charge in [0.05, 0.1) is 24.2 Å². The maximum absolute atomic E-state index is 15.1. The first-order valence-corrected chi connectivity index (χ1v) is 16.0. The molecule has 2 N–H and O–H groups in total. The molecule has 10 nitrogen and oxygen atoms in total. The van der Waals surface area contributed by atoms with E-state index in [1.54, 1.807) is 19.2 Å². The Morgan fingerprint density at radius 1 is 0.979 bits per heavy atom. The first-order chi connectivity index (χ1) is 23.2. The van der Waals surface area contributed by atoms with Crippen LogP contribution in [0.1, 0.15) is 64.0 Å². The Morgan fingerprint density at radius 3 is 2.65 bits per heavy atom. The molecule has 3 aliphatic heterocycles. The molecule has 3 unspecified atom stereocenters. The third kappa shape index (κ3) is 5.64. The molecule has 1 aliphatic carbocycles. The fourth-order valence-corrected chi connectivity index (χ4v) is 7.34. The van der Waals surface area contributed by atoms with Crippen LogP contribution in [0.5, 0.6) is 0 Å². The minimum Gasteiger partial charge on any atom is -0.380 e. The molecule has 2 aromatic heterocycles. The first kappa shape index (κ1) is 32.0. The summed E-state index contributed by atoms with van der Waals surface area (Å²) in [4.78, 5) is 51.2. The minimum atomic E-state index is -1.32. The zero-order valence-electron chi connectivity index (χ0n) is 26.2. The van der Waals surface area contributed by atoms with E-state index >= 15 is 8.78 Å². The fraction of sp³-hybridized carbons (Fsp3) is 0.400. The number of benzene rings is 1. The Labute approximate surface area is 274 Å². The number of anilines is 1. The van der Waals surface area contributed by atoms with Crippen molar-refractivity contribution in [3.8, 4) is 0 Å². The third-order valence-corrected chi connectivity index (χ3v) is 9.85. The summed E-state index contributed by atoms with van der Waals surface area (Å²) in [6.45, 7) is 2.99. The van der Waals surface area contributed by atoms with Crippen LogP contribution in [0.3, 0.4) is 0 Å². The summed E-state index contributed by atoms with van der Waals surface area (Å²) in [5.74, 6) is -5.19. The molecule has 13 heteroatoms. The third-order valence-electron chi connectivity index (χ3n) is 9.85. The summed E-state index contributed by atoms with van der Waals surface area (Å²) < 4.78 is 55.9. The Morgan fingerprint density at radius 2 is 1.79 bits per heavy atom. The molecule has 250 valence electrons. The van der Waals surface area contributed by atoms with Crippen LogP contribution in [0.25, 0.3) is 6.08 Å². The second-order valence-corrected chi connectivity index (χ2v) is 12.7. The van der Waals surface area contributed by atoms with E-state index in [-0.39, 0.29) is 31.0 Å². The van der Waals surface area contributed by atoms with Gasteiger partial charge in [-0.1, -0.05) is 12.2 Å². The number of hydrogen-bond acceptors (Lipinski definition) is 7. The molecule has 1 spiro atoms. The fourth-order valence-electron chi connectivity index (χ4n) is 7.34. The molecule has 1 saturated heterocycles. The van der Waals surface area contributed by atoms with E-state index in [1.165, 1.54) is 11.1 Å². The molecular weight excluding hydrogens is 627 g/mol. The molecule has 7 rings (SSSR count). The van der Waals surface area contributed by atoms with E-state index in [9.17, 15) is 18.8 Å². The summed E-state index contributed by atoms with van der Waals surface area (Å²) in [7, 11) is 0. The van der Waals surface area contributed by atoms with Crippen molar-refractivity contribution >= 4 is 29.6 Å². The molecule has 1 aromatic carbocycles. The predicted molar refractivity (Wildman–Crippen MR) is 168 cm³/mol. The number of halogens is 3. The van der Waals surface area contributed by atoms with Crippen molar-refractivity contribution in [2.75, 3.05) is 38.3 Å². The Hall–Kier alpha value is -4.62. The summed E-state index contributed by atoms with van der Waals surface area (Å²) in [5, 5.41) is 5.63. The maximum atomic E-state index is 15.1. The monoisotopic (exact) mass is 661 g/mol. The molecule has 1 fully saturated rings. The maximum Gasteiger partial charge on any atom is 0.253 e. The molecule has 7 bridgehead atoms. The van der Waals surface area contributed by atoms with Crippen molar-refractivity contribution in [3.63, 3.8) is 0 Å². The van der Waals surface area contributed by atoms with E-state index in [0.717, 1.165) is 23.3 Å². The van der Waals surface area contributed by atoms with Gasteiger partial charge >= 0.3 is 0 Å². The highest BCUT2D eigenvalue weighted by Crippen LogP contribution is 2.46. The van der Waals surface area contributed by atoms with Crippen LogP contribution in [0.4, 0.5) is 19.0 Å². The van der Waals surface area contributed by atoms with Crippen LogP contribution in [0, 0.1) is 17.5 Å². The summed E-state index contributed by atoms with van der Waals surface area (Å²) in [5.41, 5.74) is 1.70. The van der Waals surface area contributed by atoms with Crippen molar-refractivity contribution in [1.29, 1.82) is 0 Å². The van der Waals surface area contributed by atoms with Crippen LogP contribution in [0.15, 0.2) is 42.7 Å². The average molecular weight is 662 g/mol. The average Bonchev–Trinajstić information content (AvgIpc) is 3.59. The highest BCUT2D eigenvalue weighted by molar-refractivity contribution is 6.06. The van der Waals surface area contributed by atoms with Crippen LogP contribution < -0.4 is 10.6 Å². The van der Waals surface area contributed by atoms with Crippen molar-refractivity contribution in [3.05, 3.63) is 93.7 Å². The normalized spacial score (nSPS) is 26.7. The van der Waals surface area contributed by atoms with Gasteiger partial charge in [0.25, 0.3) is 5.91 Å². The Balaban J connectivity index is 1.21. The summed E-state index contributed by atoms with van der Waals surface area (Å²) in [6, 6.07) is 3.28. The molecule has 0 radical (unpaired) electrons. The number of hydrogen-bond donors (Lipinski definition) is 2.